The first-order valence-corrected chi connectivity index (χ1v) is 7.77. The Morgan fingerprint density at radius 1 is 1.20 bits per heavy atom. The van der Waals surface area contributed by atoms with E-state index in [1.165, 1.54) is 0 Å². The van der Waals surface area contributed by atoms with Gasteiger partial charge < -0.3 is 0 Å². The van der Waals surface area contributed by atoms with Gasteiger partial charge in [0.05, 0.1) is 16.9 Å². The van der Waals surface area contributed by atoms with Gasteiger partial charge in [-0.05, 0) is 12.1 Å². The second-order valence-corrected chi connectivity index (χ2v) is 7.59. The van der Waals surface area contributed by atoms with Crippen LogP contribution in [-0.4, -0.2) is 30.6 Å². The molecule has 1 heterocycles. The third kappa shape index (κ3) is 2.89. The summed E-state index contributed by atoms with van der Waals surface area (Å²) in [6, 6.07) is 9.76. The zero-order chi connectivity index (χ0) is 10.9. The maximum atomic E-state index is 11.3. The minimum Gasteiger partial charge on any atom is -0.229 e. The van der Waals surface area contributed by atoms with Gasteiger partial charge in [0.1, 0.15) is 0 Å². The van der Waals surface area contributed by atoms with Crippen LogP contribution in [0, 0.1) is 0 Å². The smallest absolute Gasteiger partial charge is 0.152 e. The number of hydrogen-bond acceptors (Lipinski definition) is 3. The van der Waals surface area contributed by atoms with Crippen molar-refractivity contribution in [3.63, 3.8) is 0 Å². The lowest BCUT2D eigenvalue weighted by Gasteiger charge is -2.10. The SMILES string of the molecule is O=S1(=O)CC(Sc2ccccc2)[C@@H](Cl)C1. The van der Waals surface area contributed by atoms with Crippen molar-refractivity contribution >= 4 is 33.2 Å². The van der Waals surface area contributed by atoms with Crippen LogP contribution in [0.5, 0.6) is 0 Å². The molecule has 1 fully saturated rings. The van der Waals surface area contributed by atoms with E-state index in [4.69, 9.17) is 11.6 Å². The highest BCUT2D eigenvalue weighted by Crippen LogP contribution is 2.33. The van der Waals surface area contributed by atoms with Gasteiger partial charge in [0.15, 0.2) is 9.84 Å². The second kappa shape index (κ2) is 4.36. The van der Waals surface area contributed by atoms with Crippen molar-refractivity contribution < 1.29 is 8.42 Å². The third-order valence-electron chi connectivity index (χ3n) is 2.27. The number of rotatable bonds is 2. The van der Waals surface area contributed by atoms with E-state index >= 15 is 0 Å². The molecule has 0 amide bonds. The second-order valence-electron chi connectivity index (χ2n) is 3.56. The van der Waals surface area contributed by atoms with Crippen molar-refractivity contribution in [1.82, 2.24) is 0 Å². The van der Waals surface area contributed by atoms with Crippen molar-refractivity contribution in [2.24, 2.45) is 0 Å². The molecular weight excluding hydrogens is 252 g/mol. The highest BCUT2D eigenvalue weighted by molar-refractivity contribution is 8.02. The van der Waals surface area contributed by atoms with Gasteiger partial charge in [-0.2, -0.15) is 0 Å². The number of halogens is 1. The standard InChI is InChI=1S/C10H11ClO2S2/c11-9-6-15(12,13)7-10(9)14-8-4-2-1-3-5-8/h1-5,9-10H,6-7H2/t9-,10?/m0/s1. The van der Waals surface area contributed by atoms with Crippen LogP contribution < -0.4 is 0 Å². The molecule has 0 aromatic heterocycles. The van der Waals surface area contributed by atoms with Crippen LogP contribution in [-0.2, 0) is 9.84 Å². The van der Waals surface area contributed by atoms with Gasteiger partial charge in [-0.25, -0.2) is 8.42 Å². The minimum atomic E-state index is -2.92. The van der Waals surface area contributed by atoms with E-state index < -0.39 is 9.84 Å². The molecule has 15 heavy (non-hydrogen) atoms. The van der Waals surface area contributed by atoms with Crippen LogP contribution in [0.15, 0.2) is 35.2 Å². The highest BCUT2D eigenvalue weighted by Gasteiger charge is 2.36. The first-order valence-electron chi connectivity index (χ1n) is 4.63. The number of sulfone groups is 1. The lowest BCUT2D eigenvalue weighted by molar-refractivity contribution is 0.602. The molecule has 1 aromatic carbocycles. The minimum absolute atomic E-state index is 0.0148. The fourth-order valence-corrected chi connectivity index (χ4v) is 5.99. The van der Waals surface area contributed by atoms with E-state index in [0.29, 0.717) is 0 Å². The van der Waals surface area contributed by atoms with E-state index in [1.807, 2.05) is 30.3 Å². The Kier molecular flexibility index (Phi) is 3.28. The molecule has 82 valence electrons. The fraction of sp³-hybridized carbons (Fsp3) is 0.400. The van der Waals surface area contributed by atoms with Crippen molar-refractivity contribution in [2.75, 3.05) is 11.5 Å². The van der Waals surface area contributed by atoms with E-state index in [1.54, 1.807) is 11.8 Å². The number of benzene rings is 1. The molecule has 2 atom stereocenters. The molecule has 1 aromatic rings. The van der Waals surface area contributed by atoms with E-state index in [9.17, 15) is 8.42 Å². The average Bonchev–Trinajstić information content (AvgIpc) is 2.41. The van der Waals surface area contributed by atoms with Crippen LogP contribution in [0.3, 0.4) is 0 Å². The molecule has 1 aliphatic rings. The van der Waals surface area contributed by atoms with E-state index in [-0.39, 0.29) is 22.1 Å². The molecule has 5 heteroatoms. The highest BCUT2D eigenvalue weighted by atomic mass is 35.5. The first kappa shape index (κ1) is 11.3. The summed E-state index contributed by atoms with van der Waals surface area (Å²) in [6.45, 7) is 0. The zero-order valence-electron chi connectivity index (χ0n) is 7.97. The number of thioether (sulfide) groups is 1. The summed E-state index contributed by atoms with van der Waals surface area (Å²) in [5.74, 6) is 0.305. The van der Waals surface area contributed by atoms with Crippen LogP contribution in [0.1, 0.15) is 0 Å². The van der Waals surface area contributed by atoms with Gasteiger partial charge >= 0.3 is 0 Å². The molecule has 0 radical (unpaired) electrons. The summed E-state index contributed by atoms with van der Waals surface area (Å²) < 4.78 is 22.7. The Labute approximate surface area is 98.9 Å². The molecule has 2 rings (SSSR count). The topological polar surface area (TPSA) is 34.1 Å². The van der Waals surface area contributed by atoms with Gasteiger partial charge in [-0.1, -0.05) is 18.2 Å². The van der Waals surface area contributed by atoms with Crippen LogP contribution in [0.2, 0.25) is 0 Å². The van der Waals surface area contributed by atoms with Crippen molar-refractivity contribution in [3.05, 3.63) is 30.3 Å². The number of hydrogen-bond donors (Lipinski definition) is 0. The van der Waals surface area contributed by atoms with Crippen LogP contribution in [0.25, 0.3) is 0 Å². The van der Waals surface area contributed by atoms with Crippen molar-refractivity contribution in [2.45, 2.75) is 15.5 Å². The van der Waals surface area contributed by atoms with Crippen molar-refractivity contribution in [3.8, 4) is 0 Å². The van der Waals surface area contributed by atoms with E-state index in [0.717, 1.165) is 4.90 Å². The zero-order valence-corrected chi connectivity index (χ0v) is 10.4. The fourth-order valence-electron chi connectivity index (χ4n) is 1.55. The molecule has 0 N–H and O–H groups in total. The summed E-state index contributed by atoms with van der Waals surface area (Å²) in [7, 11) is -2.92. The summed E-state index contributed by atoms with van der Waals surface area (Å²) in [4.78, 5) is 1.07. The van der Waals surface area contributed by atoms with Crippen LogP contribution in [0.4, 0.5) is 0 Å². The van der Waals surface area contributed by atoms with E-state index in [2.05, 4.69) is 0 Å². The quantitative estimate of drug-likeness (QED) is 0.767. The molecule has 0 bridgehead atoms. The van der Waals surface area contributed by atoms with Crippen LogP contribution >= 0.6 is 23.4 Å². The first-order chi connectivity index (χ1) is 7.07. The Balaban J connectivity index is 2.08. The third-order valence-corrected chi connectivity index (χ3v) is 6.34. The summed E-state index contributed by atoms with van der Waals surface area (Å²) >= 11 is 7.56. The Hall–Kier alpha value is -0.190. The number of alkyl halides is 1. The molecule has 1 unspecified atom stereocenters. The lowest BCUT2D eigenvalue weighted by Crippen LogP contribution is -2.13. The molecule has 0 spiro atoms. The molecule has 1 saturated heterocycles. The molecular formula is C10H11ClO2S2. The van der Waals surface area contributed by atoms with Gasteiger partial charge in [-0.3, -0.25) is 0 Å². The average molecular weight is 263 g/mol. The predicted molar refractivity (Wildman–Crippen MR) is 64.4 cm³/mol. The summed E-state index contributed by atoms with van der Waals surface area (Å²) in [5, 5.41) is -0.278. The normalized spacial score (nSPS) is 29.1. The predicted octanol–water partition coefficient (Wildman–Crippen LogP) is 2.18. The van der Waals surface area contributed by atoms with Gasteiger partial charge in [0, 0.05) is 10.1 Å². The lowest BCUT2D eigenvalue weighted by atomic mass is 10.4. The molecule has 0 saturated carbocycles. The molecule has 0 aliphatic carbocycles. The molecule has 2 nitrogen and oxygen atoms in total. The van der Waals surface area contributed by atoms with Gasteiger partial charge in [0.25, 0.3) is 0 Å². The summed E-state index contributed by atoms with van der Waals surface area (Å²) in [6.07, 6.45) is 0. The Morgan fingerprint density at radius 3 is 2.40 bits per heavy atom. The van der Waals surface area contributed by atoms with Gasteiger partial charge in [-0.15, -0.1) is 23.4 Å². The Morgan fingerprint density at radius 2 is 1.87 bits per heavy atom. The van der Waals surface area contributed by atoms with Crippen molar-refractivity contribution in [1.29, 1.82) is 0 Å². The van der Waals surface area contributed by atoms with Gasteiger partial charge in [0.2, 0.25) is 0 Å². The summed E-state index contributed by atoms with van der Waals surface area (Å²) in [5.41, 5.74) is 0. The maximum Gasteiger partial charge on any atom is 0.152 e. The Bertz CT molecular complexity index is 430. The maximum absolute atomic E-state index is 11.3. The monoisotopic (exact) mass is 262 g/mol. The largest absolute Gasteiger partial charge is 0.229 e. The molecule has 1 aliphatic heterocycles.